The summed E-state index contributed by atoms with van der Waals surface area (Å²) in [5, 5.41) is 26.0. The van der Waals surface area contributed by atoms with Crippen LogP contribution in [0.3, 0.4) is 0 Å². The van der Waals surface area contributed by atoms with Gasteiger partial charge in [-0.05, 0) is 36.9 Å². The molecule has 2 aliphatic rings. The van der Waals surface area contributed by atoms with Crippen LogP contribution in [0.1, 0.15) is 36.8 Å². The molecule has 0 amide bonds. The van der Waals surface area contributed by atoms with Gasteiger partial charge in [0.25, 0.3) is 0 Å². The summed E-state index contributed by atoms with van der Waals surface area (Å²) in [6.07, 6.45) is 2.28. The van der Waals surface area contributed by atoms with Crippen molar-refractivity contribution in [2.75, 3.05) is 13.1 Å². The Hall–Kier alpha value is -1.79. The minimum absolute atomic E-state index is 0.0432. The number of benzene rings is 1. The molecule has 6 heteroatoms. The summed E-state index contributed by atoms with van der Waals surface area (Å²) in [5.74, 6) is -5.71. The number of hydrogen-bond acceptors (Lipinski definition) is 4. The summed E-state index contributed by atoms with van der Waals surface area (Å²) in [7, 11) is 0. The van der Waals surface area contributed by atoms with Gasteiger partial charge in [0.05, 0.1) is 5.97 Å². The van der Waals surface area contributed by atoms with Crippen molar-refractivity contribution in [1.29, 1.82) is 0 Å². The molecule has 0 spiro atoms. The van der Waals surface area contributed by atoms with Gasteiger partial charge >= 0.3 is 0 Å². The zero-order chi connectivity index (χ0) is 18.1. The third kappa shape index (κ3) is 3.60. The lowest BCUT2D eigenvalue weighted by Crippen LogP contribution is -2.51. The second-order valence-corrected chi connectivity index (χ2v) is 7.00. The number of hydrogen-bond donors (Lipinski definition) is 2. The van der Waals surface area contributed by atoms with E-state index in [-0.39, 0.29) is 12.0 Å². The lowest BCUT2D eigenvalue weighted by atomic mass is 9.77. The fourth-order valence-electron chi connectivity index (χ4n) is 3.92. The molecular weight excluding hydrogens is 328 g/mol. The first kappa shape index (κ1) is 18.0. The maximum absolute atomic E-state index is 13.6. The van der Waals surface area contributed by atoms with Gasteiger partial charge in [0.2, 0.25) is 5.92 Å². The molecule has 0 bridgehead atoms. The molecule has 1 aliphatic carbocycles. The van der Waals surface area contributed by atoms with Crippen LogP contribution in [0.15, 0.2) is 35.9 Å². The van der Waals surface area contributed by atoms with Crippen molar-refractivity contribution >= 4 is 5.97 Å². The van der Waals surface area contributed by atoms with Crippen LogP contribution in [-0.2, 0) is 16.8 Å². The number of carboxylic acid groups (broad SMARTS) is 1. The summed E-state index contributed by atoms with van der Waals surface area (Å²) in [6.45, 7) is 1.59. The maximum atomic E-state index is 13.6. The molecule has 0 aromatic heterocycles. The van der Waals surface area contributed by atoms with E-state index in [1.165, 1.54) is 6.07 Å². The van der Waals surface area contributed by atoms with E-state index in [4.69, 9.17) is 0 Å². The first-order chi connectivity index (χ1) is 11.8. The molecule has 1 aliphatic heterocycles. The number of halogens is 2. The van der Waals surface area contributed by atoms with Crippen LogP contribution < -0.4 is 10.4 Å². The number of aliphatic hydroxyl groups is 1. The highest BCUT2D eigenvalue weighted by Crippen LogP contribution is 2.48. The molecule has 1 aromatic carbocycles. The van der Waals surface area contributed by atoms with Gasteiger partial charge in [0, 0.05) is 25.3 Å². The number of carbonyl (C=O) groups excluding carboxylic acids is 1. The highest BCUT2D eigenvalue weighted by Gasteiger charge is 2.51. The summed E-state index contributed by atoms with van der Waals surface area (Å²) in [6, 6.07) is 6.65. The Bertz CT molecular complexity index is 689. The van der Waals surface area contributed by atoms with E-state index < -0.39 is 36.3 Å². The Kier molecular flexibility index (Phi) is 4.93. The van der Waals surface area contributed by atoms with Crippen molar-refractivity contribution in [2.45, 2.75) is 43.6 Å². The van der Waals surface area contributed by atoms with Crippen molar-refractivity contribution in [2.24, 2.45) is 5.92 Å². The van der Waals surface area contributed by atoms with E-state index in [9.17, 15) is 23.8 Å². The highest BCUT2D eigenvalue weighted by molar-refractivity contribution is 5.78. The molecule has 4 nitrogen and oxygen atoms in total. The molecule has 2 N–H and O–H groups in total. The van der Waals surface area contributed by atoms with Crippen molar-refractivity contribution in [3.05, 3.63) is 47.0 Å². The van der Waals surface area contributed by atoms with E-state index >= 15 is 0 Å². The zero-order valence-electron chi connectivity index (χ0n) is 13.9. The van der Waals surface area contributed by atoms with Gasteiger partial charge in [-0.25, -0.2) is 8.78 Å². The smallest absolute Gasteiger partial charge is 0.248 e. The van der Waals surface area contributed by atoms with E-state index in [1.807, 2.05) is 6.08 Å². The lowest BCUT2D eigenvalue weighted by Gasteiger charge is -2.37. The number of alkyl halides is 2. The van der Waals surface area contributed by atoms with E-state index in [0.29, 0.717) is 12.0 Å². The lowest BCUT2D eigenvalue weighted by molar-refractivity contribution is -0.330. The Balaban J connectivity index is 1.97. The van der Waals surface area contributed by atoms with Crippen LogP contribution in [0.2, 0.25) is 0 Å². The average molecular weight is 350 g/mol. The first-order valence-electron chi connectivity index (χ1n) is 8.61. The van der Waals surface area contributed by atoms with E-state index in [1.54, 1.807) is 18.2 Å². The molecule has 1 heterocycles. The van der Waals surface area contributed by atoms with Gasteiger partial charge in [0.1, 0.15) is 5.60 Å². The van der Waals surface area contributed by atoms with Crippen LogP contribution in [0.25, 0.3) is 0 Å². The molecular formula is C19H22F2NO3-. The van der Waals surface area contributed by atoms with Crippen molar-refractivity contribution in [3.63, 3.8) is 0 Å². The monoisotopic (exact) mass is 350 g/mol. The number of nitrogens with one attached hydrogen (secondary N) is 1. The fraction of sp³-hybridized carbons (Fsp3) is 0.526. The number of rotatable bonds is 5. The molecule has 0 unspecified atom stereocenters. The quantitative estimate of drug-likeness (QED) is 0.790. The van der Waals surface area contributed by atoms with Gasteiger partial charge in [0.15, 0.2) is 0 Å². The normalized spacial score (nSPS) is 25.2. The molecule has 0 saturated heterocycles. The molecule has 1 fully saturated rings. The largest absolute Gasteiger partial charge is 0.547 e. The van der Waals surface area contributed by atoms with Crippen LogP contribution in [0.4, 0.5) is 8.78 Å². The molecule has 0 radical (unpaired) electrons. The third-order valence-electron chi connectivity index (χ3n) is 5.31. The summed E-state index contributed by atoms with van der Waals surface area (Å²) in [5.41, 5.74) is -0.428. The van der Waals surface area contributed by atoms with Gasteiger partial charge < -0.3 is 20.3 Å². The highest BCUT2D eigenvalue weighted by atomic mass is 19.3. The number of carbonyl (C=O) groups is 1. The minimum Gasteiger partial charge on any atom is -0.547 e. The second-order valence-electron chi connectivity index (χ2n) is 7.00. The zero-order valence-corrected chi connectivity index (χ0v) is 13.9. The van der Waals surface area contributed by atoms with Crippen molar-refractivity contribution < 1.29 is 23.8 Å². The third-order valence-corrected chi connectivity index (χ3v) is 5.31. The maximum Gasteiger partial charge on any atom is 0.248 e. The Labute approximate surface area is 145 Å². The Morgan fingerprint density at radius 3 is 2.76 bits per heavy atom. The SMILES string of the molecule is O=C([O-])[C@](O)(c1ccccc1CC1=CCNCC1)[C@@H]1CCC(F)(F)C1. The predicted molar refractivity (Wildman–Crippen MR) is 86.9 cm³/mol. The first-order valence-corrected chi connectivity index (χ1v) is 8.61. The summed E-state index contributed by atoms with van der Waals surface area (Å²) >= 11 is 0. The van der Waals surface area contributed by atoms with Gasteiger partial charge in [-0.1, -0.05) is 35.9 Å². The van der Waals surface area contributed by atoms with E-state index in [0.717, 1.165) is 25.1 Å². The minimum atomic E-state index is -2.94. The summed E-state index contributed by atoms with van der Waals surface area (Å²) < 4.78 is 27.3. The fourth-order valence-corrected chi connectivity index (χ4v) is 3.92. The Morgan fingerprint density at radius 1 is 1.40 bits per heavy atom. The second kappa shape index (κ2) is 6.84. The topological polar surface area (TPSA) is 72.4 Å². The Morgan fingerprint density at radius 2 is 2.16 bits per heavy atom. The molecule has 136 valence electrons. The molecule has 3 rings (SSSR count). The molecule has 25 heavy (non-hydrogen) atoms. The van der Waals surface area contributed by atoms with Crippen molar-refractivity contribution in [3.8, 4) is 0 Å². The average Bonchev–Trinajstić information content (AvgIpc) is 2.96. The van der Waals surface area contributed by atoms with Gasteiger partial charge in [-0.15, -0.1) is 0 Å². The standard InChI is InChI=1S/C19H23F2NO3/c20-18(21)8-5-15(12-18)19(25,17(23)24)16-4-2-1-3-14(16)11-13-6-9-22-10-7-13/h1-4,6,15,22,25H,5,7-12H2,(H,23,24)/p-1/t15-,19-/m1/s1. The molecule has 2 atom stereocenters. The van der Waals surface area contributed by atoms with Crippen LogP contribution >= 0.6 is 0 Å². The van der Waals surface area contributed by atoms with Crippen LogP contribution in [0, 0.1) is 5.92 Å². The summed E-state index contributed by atoms with van der Waals surface area (Å²) in [4.78, 5) is 11.8. The number of carboxylic acids is 1. The predicted octanol–water partition coefficient (Wildman–Crippen LogP) is 1.52. The van der Waals surface area contributed by atoms with Crippen LogP contribution in [-0.4, -0.2) is 30.1 Å². The van der Waals surface area contributed by atoms with Gasteiger partial charge in [-0.2, -0.15) is 0 Å². The number of aliphatic carboxylic acids is 1. The molecule has 1 saturated carbocycles. The molecule has 1 aromatic rings. The van der Waals surface area contributed by atoms with Crippen molar-refractivity contribution in [1.82, 2.24) is 5.32 Å². The van der Waals surface area contributed by atoms with Crippen LogP contribution in [0.5, 0.6) is 0 Å². The van der Waals surface area contributed by atoms with E-state index in [2.05, 4.69) is 5.32 Å². The van der Waals surface area contributed by atoms with Gasteiger partial charge in [-0.3, -0.25) is 0 Å².